The number of nitrogens with zero attached hydrogens (tertiary/aromatic N) is 2. The Kier molecular flexibility index (Phi) is 3.09. The van der Waals surface area contributed by atoms with Gasteiger partial charge in [0.1, 0.15) is 5.82 Å². The van der Waals surface area contributed by atoms with Crippen molar-refractivity contribution in [3.63, 3.8) is 0 Å². The molecule has 1 fully saturated rings. The highest BCUT2D eigenvalue weighted by Gasteiger charge is 2.34. The Morgan fingerprint density at radius 2 is 2.11 bits per heavy atom. The summed E-state index contributed by atoms with van der Waals surface area (Å²) in [7, 11) is 0. The van der Waals surface area contributed by atoms with Gasteiger partial charge < -0.3 is 9.88 Å². The Morgan fingerprint density at radius 3 is 2.79 bits per heavy atom. The van der Waals surface area contributed by atoms with E-state index < -0.39 is 0 Å². The maximum absolute atomic E-state index is 4.95. The first-order valence-corrected chi connectivity index (χ1v) is 7.30. The first-order valence-electron chi connectivity index (χ1n) is 7.30. The van der Waals surface area contributed by atoms with Crippen molar-refractivity contribution in [3.8, 4) is 0 Å². The maximum atomic E-state index is 4.95. The van der Waals surface area contributed by atoms with Crippen LogP contribution < -0.4 is 5.32 Å². The minimum Gasteiger partial charge on any atom is -0.325 e. The van der Waals surface area contributed by atoms with Crippen molar-refractivity contribution in [1.29, 1.82) is 0 Å². The molecule has 2 aromatic rings. The number of para-hydroxylation sites is 2. The first-order chi connectivity index (χ1) is 9.12. The van der Waals surface area contributed by atoms with Gasteiger partial charge in [-0.3, -0.25) is 0 Å². The van der Waals surface area contributed by atoms with E-state index in [1.165, 1.54) is 24.2 Å². The SMILES string of the molecule is CC(C)n1c(C2(C)CCCNC2)nc2ccccc21. The van der Waals surface area contributed by atoms with Crippen molar-refractivity contribution in [2.75, 3.05) is 13.1 Å². The molecule has 0 spiro atoms. The quantitative estimate of drug-likeness (QED) is 0.895. The van der Waals surface area contributed by atoms with Crippen LogP contribution in [0, 0.1) is 0 Å². The lowest BCUT2D eigenvalue weighted by molar-refractivity contribution is 0.310. The molecule has 1 unspecified atom stereocenters. The van der Waals surface area contributed by atoms with Gasteiger partial charge in [-0.2, -0.15) is 0 Å². The molecule has 3 rings (SSSR count). The second-order valence-corrected chi connectivity index (χ2v) is 6.23. The zero-order chi connectivity index (χ0) is 13.5. The molecule has 102 valence electrons. The van der Waals surface area contributed by atoms with Crippen LogP contribution in [0.15, 0.2) is 24.3 Å². The van der Waals surface area contributed by atoms with E-state index in [2.05, 4.69) is 54.9 Å². The fraction of sp³-hybridized carbons (Fsp3) is 0.562. The number of aromatic nitrogens is 2. The fourth-order valence-electron chi connectivity index (χ4n) is 3.24. The molecule has 3 heteroatoms. The van der Waals surface area contributed by atoms with E-state index in [1.54, 1.807) is 0 Å². The number of imidazole rings is 1. The molecular weight excluding hydrogens is 234 g/mol. The molecule has 1 N–H and O–H groups in total. The molecule has 0 amide bonds. The van der Waals surface area contributed by atoms with Crippen LogP contribution in [0.2, 0.25) is 0 Å². The van der Waals surface area contributed by atoms with Crippen LogP contribution in [0.5, 0.6) is 0 Å². The summed E-state index contributed by atoms with van der Waals surface area (Å²) in [6, 6.07) is 8.93. The van der Waals surface area contributed by atoms with Gasteiger partial charge in [-0.05, 0) is 45.4 Å². The van der Waals surface area contributed by atoms with Gasteiger partial charge in [-0.1, -0.05) is 19.1 Å². The second kappa shape index (κ2) is 4.64. The number of nitrogens with one attached hydrogen (secondary N) is 1. The van der Waals surface area contributed by atoms with Gasteiger partial charge in [0, 0.05) is 18.0 Å². The van der Waals surface area contributed by atoms with Gasteiger partial charge in [-0.15, -0.1) is 0 Å². The van der Waals surface area contributed by atoms with E-state index >= 15 is 0 Å². The van der Waals surface area contributed by atoms with Crippen LogP contribution in [0.3, 0.4) is 0 Å². The van der Waals surface area contributed by atoms with Crippen molar-refractivity contribution < 1.29 is 0 Å². The summed E-state index contributed by atoms with van der Waals surface area (Å²) in [5, 5.41) is 3.53. The third-order valence-electron chi connectivity index (χ3n) is 4.25. The van der Waals surface area contributed by atoms with Crippen LogP contribution in [0.1, 0.15) is 45.5 Å². The van der Waals surface area contributed by atoms with Crippen molar-refractivity contribution in [2.45, 2.75) is 45.1 Å². The van der Waals surface area contributed by atoms with Crippen LogP contribution in [0.4, 0.5) is 0 Å². The zero-order valence-electron chi connectivity index (χ0n) is 12.1. The summed E-state index contributed by atoms with van der Waals surface area (Å²) in [5.41, 5.74) is 2.54. The lowest BCUT2D eigenvalue weighted by atomic mass is 9.81. The number of rotatable bonds is 2. The zero-order valence-corrected chi connectivity index (χ0v) is 12.1. The normalized spacial score (nSPS) is 24.2. The molecule has 0 saturated carbocycles. The Morgan fingerprint density at radius 1 is 1.32 bits per heavy atom. The van der Waals surface area contributed by atoms with E-state index in [-0.39, 0.29) is 5.41 Å². The molecule has 1 atom stereocenters. The maximum Gasteiger partial charge on any atom is 0.117 e. The molecule has 0 aliphatic carbocycles. The summed E-state index contributed by atoms with van der Waals surface area (Å²) in [4.78, 5) is 4.95. The Balaban J connectivity index is 2.19. The summed E-state index contributed by atoms with van der Waals surface area (Å²) >= 11 is 0. The van der Waals surface area contributed by atoms with Crippen molar-refractivity contribution >= 4 is 11.0 Å². The van der Waals surface area contributed by atoms with E-state index in [4.69, 9.17) is 4.98 Å². The molecule has 1 aromatic heterocycles. The van der Waals surface area contributed by atoms with Crippen molar-refractivity contribution in [2.24, 2.45) is 0 Å². The van der Waals surface area contributed by atoms with E-state index in [0.717, 1.165) is 18.6 Å². The van der Waals surface area contributed by atoms with Gasteiger partial charge in [-0.25, -0.2) is 4.98 Å². The van der Waals surface area contributed by atoms with E-state index in [1.807, 2.05) is 0 Å². The van der Waals surface area contributed by atoms with E-state index in [0.29, 0.717) is 6.04 Å². The minimum absolute atomic E-state index is 0.154. The Bertz CT molecular complexity index is 577. The standard InChI is InChI=1S/C16H23N3/c1-12(2)19-14-8-5-4-7-13(14)18-15(19)16(3)9-6-10-17-11-16/h4-5,7-8,12,17H,6,9-11H2,1-3H3. The third kappa shape index (κ3) is 2.06. The molecule has 0 bridgehead atoms. The molecule has 19 heavy (non-hydrogen) atoms. The number of fused-ring (bicyclic) bond motifs is 1. The topological polar surface area (TPSA) is 29.9 Å². The molecule has 1 aromatic carbocycles. The summed E-state index contributed by atoms with van der Waals surface area (Å²) < 4.78 is 2.42. The highest BCUT2D eigenvalue weighted by molar-refractivity contribution is 5.76. The van der Waals surface area contributed by atoms with Gasteiger partial charge in [0.15, 0.2) is 0 Å². The fourth-order valence-corrected chi connectivity index (χ4v) is 3.24. The smallest absolute Gasteiger partial charge is 0.117 e. The van der Waals surface area contributed by atoms with Crippen molar-refractivity contribution in [1.82, 2.24) is 14.9 Å². The second-order valence-electron chi connectivity index (χ2n) is 6.23. The summed E-state index contributed by atoms with van der Waals surface area (Å²) in [6.07, 6.45) is 2.45. The lowest BCUT2D eigenvalue weighted by Crippen LogP contribution is -2.43. The van der Waals surface area contributed by atoms with Gasteiger partial charge in [0.05, 0.1) is 11.0 Å². The van der Waals surface area contributed by atoms with Crippen molar-refractivity contribution in [3.05, 3.63) is 30.1 Å². The number of hydrogen-bond donors (Lipinski definition) is 1. The van der Waals surface area contributed by atoms with Gasteiger partial charge >= 0.3 is 0 Å². The average molecular weight is 257 g/mol. The summed E-state index contributed by atoms with van der Waals surface area (Å²) in [6.45, 7) is 9.01. The Labute approximate surface area is 115 Å². The predicted octanol–water partition coefficient (Wildman–Crippen LogP) is 3.26. The molecule has 0 radical (unpaired) electrons. The van der Waals surface area contributed by atoms with Gasteiger partial charge in [0.25, 0.3) is 0 Å². The molecule has 2 heterocycles. The number of benzene rings is 1. The average Bonchev–Trinajstić information content (AvgIpc) is 2.79. The van der Waals surface area contributed by atoms with Crippen LogP contribution in [0.25, 0.3) is 11.0 Å². The van der Waals surface area contributed by atoms with Gasteiger partial charge in [0.2, 0.25) is 0 Å². The predicted molar refractivity (Wildman–Crippen MR) is 79.6 cm³/mol. The Hall–Kier alpha value is -1.35. The minimum atomic E-state index is 0.154. The third-order valence-corrected chi connectivity index (χ3v) is 4.25. The number of hydrogen-bond acceptors (Lipinski definition) is 2. The molecular formula is C16H23N3. The summed E-state index contributed by atoms with van der Waals surface area (Å²) in [5.74, 6) is 1.25. The first kappa shape index (κ1) is 12.7. The van der Waals surface area contributed by atoms with Crippen LogP contribution in [-0.4, -0.2) is 22.6 Å². The highest BCUT2D eigenvalue weighted by atomic mass is 15.1. The van der Waals surface area contributed by atoms with Crippen LogP contribution >= 0.6 is 0 Å². The lowest BCUT2D eigenvalue weighted by Gasteiger charge is -2.34. The molecule has 1 aliphatic heterocycles. The monoisotopic (exact) mass is 257 g/mol. The molecule has 1 aliphatic rings. The number of piperidine rings is 1. The molecule has 3 nitrogen and oxygen atoms in total. The largest absolute Gasteiger partial charge is 0.325 e. The van der Waals surface area contributed by atoms with E-state index in [9.17, 15) is 0 Å². The van der Waals surface area contributed by atoms with Crippen LogP contribution in [-0.2, 0) is 5.41 Å². The highest BCUT2D eigenvalue weighted by Crippen LogP contribution is 2.34. The molecule has 1 saturated heterocycles.